The highest BCUT2D eigenvalue weighted by molar-refractivity contribution is 5.95. The molecule has 0 aliphatic carbocycles. The van der Waals surface area contributed by atoms with E-state index >= 15 is 0 Å². The summed E-state index contributed by atoms with van der Waals surface area (Å²) in [5.41, 5.74) is 1.80. The second-order valence-electron chi connectivity index (χ2n) is 6.41. The third-order valence-electron chi connectivity index (χ3n) is 4.10. The molecule has 0 radical (unpaired) electrons. The normalized spacial score (nSPS) is 12.3. The maximum absolute atomic E-state index is 12.3. The van der Waals surface area contributed by atoms with Gasteiger partial charge in [-0.15, -0.1) is 0 Å². The van der Waals surface area contributed by atoms with E-state index in [4.69, 9.17) is 4.74 Å². The predicted molar refractivity (Wildman–Crippen MR) is 98.8 cm³/mol. The van der Waals surface area contributed by atoms with Crippen molar-refractivity contribution in [3.05, 3.63) is 48.3 Å². The molecule has 0 aliphatic heterocycles. The Labute approximate surface area is 151 Å². The largest absolute Gasteiger partial charge is 0.452 e. The van der Waals surface area contributed by atoms with Crippen LogP contribution >= 0.6 is 0 Å². The number of rotatable bonds is 6. The summed E-state index contributed by atoms with van der Waals surface area (Å²) >= 11 is 0. The van der Waals surface area contributed by atoms with Gasteiger partial charge in [-0.1, -0.05) is 18.2 Å². The summed E-state index contributed by atoms with van der Waals surface area (Å²) in [5, 5.41) is 7.88. The zero-order valence-electron chi connectivity index (χ0n) is 15.0. The fourth-order valence-corrected chi connectivity index (χ4v) is 2.78. The van der Waals surface area contributed by atoms with Crippen molar-refractivity contribution in [3.63, 3.8) is 0 Å². The third-order valence-corrected chi connectivity index (χ3v) is 4.10. The van der Waals surface area contributed by atoms with Crippen LogP contribution in [0.3, 0.4) is 0 Å². The topological polar surface area (TPSA) is 89.0 Å². The molecule has 1 atom stereocenters. The van der Waals surface area contributed by atoms with Gasteiger partial charge in [0.15, 0.2) is 6.10 Å². The summed E-state index contributed by atoms with van der Waals surface area (Å²) in [4.78, 5) is 27.6. The second-order valence-corrected chi connectivity index (χ2v) is 6.41. The van der Waals surface area contributed by atoms with Gasteiger partial charge in [0.1, 0.15) is 5.82 Å². The van der Waals surface area contributed by atoms with Crippen molar-refractivity contribution < 1.29 is 14.3 Å². The molecule has 26 heavy (non-hydrogen) atoms. The summed E-state index contributed by atoms with van der Waals surface area (Å²) in [6.07, 6.45) is 2.61. The predicted octanol–water partition coefficient (Wildman–Crippen LogP) is 3.06. The highest BCUT2D eigenvalue weighted by Crippen LogP contribution is 2.19. The fourth-order valence-electron chi connectivity index (χ4n) is 2.78. The lowest BCUT2D eigenvalue weighted by Crippen LogP contribution is -2.31. The van der Waals surface area contributed by atoms with Crippen molar-refractivity contribution in [2.75, 3.05) is 5.32 Å². The first-order chi connectivity index (χ1) is 12.5. The van der Waals surface area contributed by atoms with E-state index in [9.17, 15) is 9.59 Å². The molecule has 1 aromatic carbocycles. The van der Waals surface area contributed by atoms with E-state index < -0.39 is 12.1 Å². The van der Waals surface area contributed by atoms with Gasteiger partial charge in [-0.05, 0) is 32.4 Å². The Bertz CT molecular complexity index is 926. The average molecular weight is 354 g/mol. The minimum atomic E-state index is -0.900. The number of fused-ring (bicyclic) bond motifs is 1. The van der Waals surface area contributed by atoms with Crippen LogP contribution in [-0.2, 0) is 20.7 Å². The van der Waals surface area contributed by atoms with Gasteiger partial charge in [0.05, 0.1) is 12.6 Å². The molecule has 2 aromatic heterocycles. The number of benzene rings is 1. The maximum atomic E-state index is 12.3. The SMILES string of the molecule is CC(C)n1nccc1NC(=O)[C@@H](C)OC(=O)Cc1c[nH]c2ccccc12. The van der Waals surface area contributed by atoms with E-state index in [-0.39, 0.29) is 18.4 Å². The van der Waals surface area contributed by atoms with Gasteiger partial charge in [0.2, 0.25) is 0 Å². The number of esters is 1. The number of nitrogens with zero attached hydrogens (tertiary/aromatic N) is 2. The number of nitrogens with one attached hydrogen (secondary N) is 2. The first-order valence-corrected chi connectivity index (χ1v) is 8.54. The van der Waals surface area contributed by atoms with Gasteiger partial charge in [-0.2, -0.15) is 5.10 Å². The van der Waals surface area contributed by atoms with Crippen molar-refractivity contribution in [2.45, 2.75) is 39.3 Å². The number of carbonyl (C=O) groups is 2. The number of carbonyl (C=O) groups excluding carboxylic acids is 2. The molecule has 0 spiro atoms. The van der Waals surface area contributed by atoms with Crippen molar-refractivity contribution in [1.29, 1.82) is 0 Å². The van der Waals surface area contributed by atoms with Crippen molar-refractivity contribution in [1.82, 2.24) is 14.8 Å². The zero-order chi connectivity index (χ0) is 18.7. The summed E-state index contributed by atoms with van der Waals surface area (Å²) in [7, 11) is 0. The minimum absolute atomic E-state index is 0.103. The number of amides is 1. The smallest absolute Gasteiger partial charge is 0.311 e. The van der Waals surface area contributed by atoms with E-state index in [1.54, 1.807) is 30.1 Å². The molecule has 3 aromatic rings. The third kappa shape index (κ3) is 3.77. The average Bonchev–Trinajstić information content (AvgIpc) is 3.22. The molecular weight excluding hydrogens is 332 g/mol. The summed E-state index contributed by atoms with van der Waals surface area (Å²) in [5.74, 6) is -0.265. The van der Waals surface area contributed by atoms with E-state index in [0.29, 0.717) is 5.82 Å². The molecule has 0 fully saturated rings. The van der Waals surface area contributed by atoms with E-state index in [1.165, 1.54) is 0 Å². The molecule has 3 rings (SSSR count). The fraction of sp³-hybridized carbons (Fsp3) is 0.316. The highest BCUT2D eigenvalue weighted by Gasteiger charge is 2.20. The second kappa shape index (κ2) is 7.43. The molecule has 0 bridgehead atoms. The van der Waals surface area contributed by atoms with Crippen molar-refractivity contribution in [3.8, 4) is 0 Å². The lowest BCUT2D eigenvalue weighted by Gasteiger charge is -2.15. The van der Waals surface area contributed by atoms with Gasteiger partial charge in [-0.3, -0.25) is 9.59 Å². The molecule has 0 unspecified atom stereocenters. The van der Waals surface area contributed by atoms with Crippen LogP contribution in [0.4, 0.5) is 5.82 Å². The lowest BCUT2D eigenvalue weighted by molar-refractivity contribution is -0.152. The van der Waals surface area contributed by atoms with Crippen molar-refractivity contribution in [2.24, 2.45) is 0 Å². The minimum Gasteiger partial charge on any atom is -0.452 e. The summed E-state index contributed by atoms with van der Waals surface area (Å²) < 4.78 is 6.98. The van der Waals surface area contributed by atoms with E-state index in [2.05, 4.69) is 15.4 Å². The number of para-hydroxylation sites is 1. The maximum Gasteiger partial charge on any atom is 0.311 e. The first-order valence-electron chi connectivity index (χ1n) is 8.54. The molecular formula is C19H22N4O3. The Hall–Kier alpha value is -3.09. The number of anilines is 1. The monoisotopic (exact) mass is 354 g/mol. The lowest BCUT2D eigenvalue weighted by atomic mass is 10.1. The van der Waals surface area contributed by atoms with Crippen LogP contribution < -0.4 is 5.32 Å². The van der Waals surface area contributed by atoms with Crippen LogP contribution in [0.1, 0.15) is 32.4 Å². The van der Waals surface area contributed by atoms with Gasteiger partial charge in [-0.25, -0.2) is 4.68 Å². The molecule has 1 amide bonds. The van der Waals surface area contributed by atoms with Crippen LogP contribution in [0.15, 0.2) is 42.7 Å². The molecule has 0 saturated carbocycles. The number of H-pyrrole nitrogens is 1. The quantitative estimate of drug-likeness (QED) is 0.666. The molecule has 0 aliphatic rings. The Balaban J connectivity index is 1.60. The Morgan fingerprint density at radius 1 is 1.23 bits per heavy atom. The van der Waals surface area contributed by atoms with Crippen LogP contribution in [0.25, 0.3) is 10.9 Å². The van der Waals surface area contributed by atoms with Crippen LogP contribution in [0, 0.1) is 0 Å². The first kappa shape index (κ1) is 17.7. The zero-order valence-corrected chi connectivity index (χ0v) is 15.0. The summed E-state index contributed by atoms with van der Waals surface area (Å²) in [6, 6.07) is 9.54. The number of aromatic nitrogens is 3. The van der Waals surface area contributed by atoms with E-state index in [1.807, 2.05) is 38.1 Å². The van der Waals surface area contributed by atoms with Crippen LogP contribution in [-0.4, -0.2) is 32.7 Å². The Morgan fingerprint density at radius 3 is 2.77 bits per heavy atom. The number of hydrogen-bond acceptors (Lipinski definition) is 4. The molecule has 0 saturated heterocycles. The van der Waals surface area contributed by atoms with E-state index in [0.717, 1.165) is 16.5 Å². The van der Waals surface area contributed by atoms with Gasteiger partial charge in [0, 0.05) is 29.2 Å². The standard InChI is InChI=1S/C19H22N4O3/c1-12(2)23-17(8-9-21-23)22-19(25)13(3)26-18(24)10-14-11-20-16-7-5-4-6-15(14)16/h4-9,11-13,20H,10H2,1-3H3,(H,22,25)/t13-/m1/s1. The molecule has 136 valence electrons. The molecule has 2 heterocycles. The molecule has 2 N–H and O–H groups in total. The van der Waals surface area contributed by atoms with Crippen LogP contribution in [0.2, 0.25) is 0 Å². The summed E-state index contributed by atoms with van der Waals surface area (Å²) in [6.45, 7) is 5.49. The number of hydrogen-bond donors (Lipinski definition) is 2. The Kier molecular flexibility index (Phi) is 5.06. The Morgan fingerprint density at radius 2 is 2.00 bits per heavy atom. The van der Waals surface area contributed by atoms with Gasteiger partial charge >= 0.3 is 5.97 Å². The number of ether oxygens (including phenoxy) is 1. The van der Waals surface area contributed by atoms with Crippen LogP contribution in [0.5, 0.6) is 0 Å². The van der Waals surface area contributed by atoms with Crippen molar-refractivity contribution >= 4 is 28.6 Å². The molecule has 7 heteroatoms. The molecule has 7 nitrogen and oxygen atoms in total. The highest BCUT2D eigenvalue weighted by atomic mass is 16.5. The van der Waals surface area contributed by atoms with Gasteiger partial charge in [0.25, 0.3) is 5.91 Å². The van der Waals surface area contributed by atoms with Gasteiger partial charge < -0.3 is 15.0 Å². The number of aromatic amines is 1.